The molecule has 2 aliphatic rings. The van der Waals surface area contributed by atoms with E-state index >= 15 is 0 Å². The molecule has 2 aliphatic heterocycles. The normalized spacial score (nSPS) is 17.8. The molecule has 0 spiro atoms. The van der Waals surface area contributed by atoms with E-state index in [9.17, 15) is 0 Å². The summed E-state index contributed by atoms with van der Waals surface area (Å²) >= 11 is 55.9. The van der Waals surface area contributed by atoms with Gasteiger partial charge in [0.25, 0.3) is 0 Å². The summed E-state index contributed by atoms with van der Waals surface area (Å²) in [6.45, 7) is 27.1. The predicted octanol–water partition coefficient (Wildman–Crippen LogP) is 20.1. The molecule has 0 N–H and O–H groups in total. The highest BCUT2D eigenvalue weighted by molar-refractivity contribution is 6.39. The van der Waals surface area contributed by atoms with Gasteiger partial charge in [0, 0.05) is 10.8 Å². The third kappa shape index (κ3) is 13.9. The first kappa shape index (κ1) is 59.6. The average Bonchev–Trinajstić information content (AvgIpc) is 4.28. The van der Waals surface area contributed by atoms with Gasteiger partial charge in [0.15, 0.2) is 23.0 Å². The van der Waals surface area contributed by atoms with Crippen LogP contribution in [0, 0.1) is 11.8 Å². The zero-order valence-corrected chi connectivity index (χ0v) is 50.1. The Morgan fingerprint density at radius 1 is 0.431 bits per heavy atom. The fourth-order valence-electron chi connectivity index (χ4n) is 10.1. The van der Waals surface area contributed by atoms with Crippen LogP contribution >= 0.6 is 92.8 Å². The minimum atomic E-state index is -0.580. The Kier molecular flexibility index (Phi) is 20.5. The van der Waals surface area contributed by atoms with Gasteiger partial charge in [-0.05, 0) is 161 Å². The van der Waals surface area contributed by atoms with Crippen molar-refractivity contribution in [3.8, 4) is 23.0 Å². The van der Waals surface area contributed by atoms with Crippen LogP contribution in [0.4, 0.5) is 0 Å². The molecule has 0 amide bonds. The van der Waals surface area contributed by atoms with Gasteiger partial charge in [0.05, 0.1) is 77.8 Å². The van der Waals surface area contributed by atoms with E-state index in [4.69, 9.17) is 121 Å². The molecule has 14 heteroatoms. The van der Waals surface area contributed by atoms with Gasteiger partial charge < -0.3 is 28.4 Å². The summed E-state index contributed by atoms with van der Waals surface area (Å²) in [4.78, 5) is 0. The zero-order valence-electron chi connectivity index (χ0n) is 44.0. The fourth-order valence-corrected chi connectivity index (χ4v) is 12.4. The Morgan fingerprint density at radius 3 is 0.986 bits per heavy atom. The Hall–Kier alpha value is -1.68. The van der Waals surface area contributed by atoms with Gasteiger partial charge in [-0.15, -0.1) is 0 Å². The summed E-state index contributed by atoms with van der Waals surface area (Å²) in [5.74, 6) is 2.24. The lowest BCUT2D eigenvalue weighted by Crippen LogP contribution is -2.42. The van der Waals surface area contributed by atoms with E-state index in [2.05, 4.69) is 69.2 Å². The van der Waals surface area contributed by atoms with Crippen molar-refractivity contribution in [3.05, 3.63) is 111 Å². The van der Waals surface area contributed by atoms with Crippen molar-refractivity contribution < 1.29 is 28.4 Å². The van der Waals surface area contributed by atoms with Crippen LogP contribution in [0.3, 0.4) is 0 Å². The molecular weight excluding hydrogens is 1080 g/mol. The van der Waals surface area contributed by atoms with Gasteiger partial charge in [-0.2, -0.15) is 0 Å². The third-order valence-electron chi connectivity index (χ3n) is 15.9. The quantitative estimate of drug-likeness (QED) is 0.0555. The topological polar surface area (TPSA) is 62.0 Å². The van der Waals surface area contributed by atoms with Crippen molar-refractivity contribution in [1.29, 1.82) is 0 Å². The predicted molar refractivity (Wildman–Crippen MR) is 304 cm³/mol. The molecule has 398 valence electrons. The summed E-state index contributed by atoms with van der Waals surface area (Å²) in [6.07, 6.45) is 8.82. The molecule has 6 nitrogen and oxygen atoms in total. The van der Waals surface area contributed by atoms with Crippen LogP contribution in [0.25, 0.3) is 0 Å². The Bertz CT molecular complexity index is 2400. The molecule has 4 aromatic rings. The highest BCUT2D eigenvalue weighted by Crippen LogP contribution is 2.49. The van der Waals surface area contributed by atoms with Gasteiger partial charge in [0.2, 0.25) is 0 Å². The lowest BCUT2D eigenvalue weighted by molar-refractivity contribution is -0.000190. The van der Waals surface area contributed by atoms with Gasteiger partial charge in [-0.3, -0.25) is 0 Å². The molecule has 2 fully saturated rings. The van der Waals surface area contributed by atoms with E-state index in [1.807, 2.05) is 62.4 Å². The van der Waals surface area contributed by atoms with Crippen molar-refractivity contribution in [2.45, 2.75) is 194 Å². The minimum absolute atomic E-state index is 0.0638. The maximum Gasteiger partial charge on any atom is 0.157 e. The van der Waals surface area contributed by atoms with E-state index < -0.39 is 22.0 Å². The molecule has 0 radical (unpaired) electrons. The number of halogens is 8. The van der Waals surface area contributed by atoms with Crippen molar-refractivity contribution in [2.75, 3.05) is 13.2 Å². The monoisotopic (exact) mass is 1150 g/mol. The van der Waals surface area contributed by atoms with Crippen LogP contribution in [0.1, 0.15) is 170 Å². The second kappa shape index (κ2) is 24.8. The first-order valence-electron chi connectivity index (χ1n) is 25.8. The lowest BCUT2D eigenvalue weighted by atomic mass is 9.78. The van der Waals surface area contributed by atoms with Crippen LogP contribution < -0.4 is 18.9 Å². The standard InChI is InChI=1S/C58H74Cl8O6/c1-13-57(14-2,71-53-47(63)27-39(28-48(53)64)56(11,12)38-25-45(61)52(46(62)26-38)70-36(8)20-22-42-32-68-42)33(5)17-19-35(7)69-51-43(59)23-37(24-44(51)60)55(9,10)40-29-49(65)54(50(66)30-40)72-58(15-3,16-4)34(6)18-21-41-31-67-41/h23-30,33-36,41-42H,13-22,31-32H2,1-12H3. The zero-order chi connectivity index (χ0) is 53.1. The molecule has 2 saturated heterocycles. The molecular formula is C58H74Cl8O6. The molecule has 72 heavy (non-hydrogen) atoms. The second-order valence-corrected chi connectivity index (χ2v) is 24.6. The third-order valence-corrected chi connectivity index (χ3v) is 18.2. The number of hydrogen-bond acceptors (Lipinski definition) is 6. The first-order chi connectivity index (χ1) is 33.8. The van der Waals surface area contributed by atoms with Crippen LogP contribution in [0.15, 0.2) is 48.5 Å². The van der Waals surface area contributed by atoms with Gasteiger partial charge >= 0.3 is 0 Å². The van der Waals surface area contributed by atoms with Crippen molar-refractivity contribution >= 4 is 92.8 Å². The van der Waals surface area contributed by atoms with E-state index in [1.165, 1.54) is 0 Å². The molecule has 6 rings (SSSR count). The average molecular weight is 1150 g/mol. The van der Waals surface area contributed by atoms with E-state index in [0.717, 1.165) is 93.3 Å². The maximum absolute atomic E-state index is 7.10. The largest absolute Gasteiger partial charge is 0.488 e. The lowest BCUT2D eigenvalue weighted by Gasteiger charge is -2.39. The first-order valence-corrected chi connectivity index (χ1v) is 28.8. The Labute approximate surface area is 470 Å². The van der Waals surface area contributed by atoms with Gasteiger partial charge in [-0.25, -0.2) is 0 Å². The second-order valence-electron chi connectivity index (χ2n) is 21.4. The molecule has 6 unspecified atom stereocenters. The highest BCUT2D eigenvalue weighted by atomic mass is 35.5. The summed E-state index contributed by atoms with van der Waals surface area (Å²) in [6, 6.07) is 15.3. The Balaban J connectivity index is 1.11. The Morgan fingerprint density at radius 2 is 0.694 bits per heavy atom. The number of ether oxygens (including phenoxy) is 6. The van der Waals surface area contributed by atoms with Crippen LogP contribution in [0.2, 0.25) is 40.2 Å². The molecule has 0 aromatic heterocycles. The molecule has 0 bridgehead atoms. The van der Waals surface area contributed by atoms with Crippen LogP contribution in [-0.4, -0.2) is 48.8 Å². The molecule has 6 atom stereocenters. The summed E-state index contributed by atoms with van der Waals surface area (Å²) in [5, 5.41) is 3.47. The number of benzene rings is 4. The van der Waals surface area contributed by atoms with Gasteiger partial charge in [0.1, 0.15) is 11.2 Å². The summed E-state index contributed by atoms with van der Waals surface area (Å²) < 4.78 is 37.3. The minimum Gasteiger partial charge on any atom is -0.488 e. The number of hydrogen-bond donors (Lipinski definition) is 0. The number of rotatable bonds is 27. The van der Waals surface area contributed by atoms with E-state index in [-0.39, 0.29) is 24.0 Å². The summed E-state index contributed by atoms with van der Waals surface area (Å²) in [7, 11) is 0. The highest BCUT2D eigenvalue weighted by Gasteiger charge is 2.40. The van der Waals surface area contributed by atoms with Crippen LogP contribution in [-0.2, 0) is 20.3 Å². The summed E-state index contributed by atoms with van der Waals surface area (Å²) in [5.41, 5.74) is 1.42. The van der Waals surface area contributed by atoms with Crippen molar-refractivity contribution in [3.63, 3.8) is 0 Å². The van der Waals surface area contributed by atoms with Crippen molar-refractivity contribution in [1.82, 2.24) is 0 Å². The molecule has 2 heterocycles. The molecule has 0 aliphatic carbocycles. The van der Waals surface area contributed by atoms with Crippen LogP contribution in [0.5, 0.6) is 23.0 Å². The fraction of sp³-hybridized carbons (Fsp3) is 0.586. The SMILES string of the molecule is CCC(CC)(Oc1c(Cl)cc(C(C)(C)c2cc(Cl)c(OC(C)CCC3CO3)c(Cl)c2)cc1Cl)C(C)CCC(C)Oc1c(Cl)cc(C(C)(C)c2cc(Cl)c(OC(CC)(CC)C(C)CCC3CO3)c(Cl)c2)cc1Cl. The smallest absolute Gasteiger partial charge is 0.157 e. The van der Waals surface area contributed by atoms with Gasteiger partial charge in [-0.1, -0.05) is 162 Å². The molecule has 4 aromatic carbocycles. The molecule has 0 saturated carbocycles. The van der Waals surface area contributed by atoms with Crippen molar-refractivity contribution in [2.24, 2.45) is 11.8 Å². The van der Waals surface area contributed by atoms with E-state index in [0.29, 0.717) is 81.8 Å². The number of epoxide rings is 2. The maximum atomic E-state index is 7.10. The van der Waals surface area contributed by atoms with E-state index in [1.54, 1.807) is 0 Å².